The van der Waals surface area contributed by atoms with Crippen LogP contribution in [0.5, 0.6) is 5.75 Å². The Morgan fingerprint density at radius 1 is 1.20 bits per heavy atom. The van der Waals surface area contributed by atoms with Gasteiger partial charge in [0.15, 0.2) is 0 Å². The average molecular weight is 291 g/mol. The van der Waals surface area contributed by atoms with Gasteiger partial charge in [0.25, 0.3) is 0 Å². The van der Waals surface area contributed by atoms with Gasteiger partial charge in [-0.2, -0.15) is 13.2 Å². The third-order valence-electron chi connectivity index (χ3n) is 2.62. The lowest BCUT2D eigenvalue weighted by Gasteiger charge is -2.15. The summed E-state index contributed by atoms with van der Waals surface area (Å²) in [5, 5.41) is 3.01. The smallest absolute Gasteiger partial charge is 0.419 e. The fourth-order valence-electron chi connectivity index (χ4n) is 1.65. The molecule has 6 heteroatoms. The molecule has 0 unspecified atom stereocenters. The number of rotatable bonds is 8. The van der Waals surface area contributed by atoms with Crippen molar-refractivity contribution < 1.29 is 22.6 Å². The van der Waals surface area contributed by atoms with Crippen molar-refractivity contribution in [3.63, 3.8) is 0 Å². The monoisotopic (exact) mass is 291 g/mol. The Morgan fingerprint density at radius 3 is 2.55 bits per heavy atom. The maximum absolute atomic E-state index is 13.0. The minimum Gasteiger partial charge on any atom is -0.493 e. The molecule has 0 amide bonds. The van der Waals surface area contributed by atoms with Crippen LogP contribution in [0.3, 0.4) is 0 Å². The normalized spacial score (nSPS) is 11.7. The van der Waals surface area contributed by atoms with Crippen LogP contribution in [-0.4, -0.2) is 26.9 Å². The predicted octanol–water partition coefficient (Wildman–Crippen LogP) is 3.23. The SMILES string of the molecule is CCCOc1ccc(CNCCOC)cc1C(F)(F)F. The van der Waals surface area contributed by atoms with Gasteiger partial charge >= 0.3 is 6.18 Å². The van der Waals surface area contributed by atoms with Gasteiger partial charge in [-0.3, -0.25) is 0 Å². The van der Waals surface area contributed by atoms with Gasteiger partial charge in [0.1, 0.15) is 5.75 Å². The van der Waals surface area contributed by atoms with E-state index < -0.39 is 11.7 Å². The summed E-state index contributed by atoms with van der Waals surface area (Å²) in [5.74, 6) is -0.111. The lowest BCUT2D eigenvalue weighted by atomic mass is 10.1. The zero-order valence-electron chi connectivity index (χ0n) is 11.7. The van der Waals surface area contributed by atoms with Crippen LogP contribution in [-0.2, 0) is 17.5 Å². The number of nitrogens with one attached hydrogen (secondary N) is 1. The molecule has 0 saturated carbocycles. The molecule has 0 bridgehead atoms. The Bertz CT molecular complexity index is 408. The van der Waals surface area contributed by atoms with Gasteiger partial charge in [0, 0.05) is 20.2 Å². The van der Waals surface area contributed by atoms with E-state index in [1.807, 2.05) is 6.92 Å². The first-order valence-corrected chi connectivity index (χ1v) is 6.51. The van der Waals surface area contributed by atoms with Crippen LogP contribution in [0.4, 0.5) is 13.2 Å². The van der Waals surface area contributed by atoms with E-state index >= 15 is 0 Å². The lowest BCUT2D eigenvalue weighted by Crippen LogP contribution is -2.19. The number of halogens is 3. The largest absolute Gasteiger partial charge is 0.493 e. The average Bonchev–Trinajstić information content (AvgIpc) is 2.41. The third kappa shape index (κ3) is 5.38. The molecule has 0 aliphatic carbocycles. The summed E-state index contributed by atoms with van der Waals surface area (Å²) in [6, 6.07) is 4.15. The van der Waals surface area contributed by atoms with Crippen molar-refractivity contribution in [3.05, 3.63) is 29.3 Å². The van der Waals surface area contributed by atoms with Gasteiger partial charge < -0.3 is 14.8 Å². The highest BCUT2D eigenvalue weighted by molar-refractivity contribution is 5.39. The molecule has 0 radical (unpaired) electrons. The zero-order valence-corrected chi connectivity index (χ0v) is 11.7. The standard InChI is InChI=1S/C14H20F3NO2/c1-3-7-20-13-5-4-11(10-18-6-8-19-2)9-12(13)14(15,16)17/h4-5,9,18H,3,6-8,10H2,1-2H3. The van der Waals surface area contributed by atoms with Crippen LogP contribution >= 0.6 is 0 Å². The van der Waals surface area contributed by atoms with E-state index in [0.717, 1.165) is 6.07 Å². The number of ether oxygens (including phenoxy) is 2. The molecule has 0 atom stereocenters. The molecule has 1 N–H and O–H groups in total. The number of alkyl halides is 3. The van der Waals surface area contributed by atoms with Crippen LogP contribution in [0.15, 0.2) is 18.2 Å². The second kappa shape index (κ2) is 8.11. The molecule has 3 nitrogen and oxygen atoms in total. The minimum absolute atomic E-state index is 0.111. The summed E-state index contributed by atoms with van der Waals surface area (Å²) in [6.45, 7) is 3.59. The van der Waals surface area contributed by atoms with Crippen LogP contribution < -0.4 is 10.1 Å². The number of methoxy groups -OCH3 is 1. The molecule has 1 aromatic rings. The maximum atomic E-state index is 13.0. The topological polar surface area (TPSA) is 30.5 Å². The van der Waals surface area contributed by atoms with Crippen molar-refractivity contribution in [2.45, 2.75) is 26.1 Å². The highest BCUT2D eigenvalue weighted by Gasteiger charge is 2.34. The Labute approximate surface area is 117 Å². The van der Waals surface area contributed by atoms with Crippen molar-refractivity contribution in [3.8, 4) is 5.75 Å². The molecule has 0 aromatic heterocycles. The van der Waals surface area contributed by atoms with Gasteiger partial charge in [0.05, 0.1) is 18.8 Å². The van der Waals surface area contributed by atoms with E-state index in [-0.39, 0.29) is 12.4 Å². The number of hydrogen-bond donors (Lipinski definition) is 1. The zero-order chi connectivity index (χ0) is 15.0. The molecule has 1 rings (SSSR count). The molecule has 0 spiro atoms. The summed E-state index contributed by atoms with van der Waals surface area (Å²) in [7, 11) is 1.57. The van der Waals surface area contributed by atoms with E-state index in [2.05, 4.69) is 5.32 Å². The molecule has 114 valence electrons. The fraction of sp³-hybridized carbons (Fsp3) is 0.571. The number of hydrogen-bond acceptors (Lipinski definition) is 3. The van der Waals surface area contributed by atoms with Crippen LogP contribution in [0.1, 0.15) is 24.5 Å². The predicted molar refractivity (Wildman–Crippen MR) is 70.8 cm³/mol. The van der Waals surface area contributed by atoms with E-state index in [1.165, 1.54) is 6.07 Å². The van der Waals surface area contributed by atoms with E-state index in [4.69, 9.17) is 9.47 Å². The summed E-state index contributed by atoms with van der Waals surface area (Å²) < 4.78 is 48.9. The molecule has 0 heterocycles. The van der Waals surface area contributed by atoms with Crippen LogP contribution in [0, 0.1) is 0 Å². The van der Waals surface area contributed by atoms with Crippen LogP contribution in [0.25, 0.3) is 0 Å². The van der Waals surface area contributed by atoms with E-state index in [0.29, 0.717) is 31.7 Å². The highest BCUT2D eigenvalue weighted by Crippen LogP contribution is 2.36. The van der Waals surface area contributed by atoms with Crippen molar-refractivity contribution in [2.24, 2.45) is 0 Å². The Hall–Kier alpha value is -1.27. The molecule has 1 aromatic carbocycles. The molecule has 0 saturated heterocycles. The number of benzene rings is 1. The molecular formula is C14H20F3NO2. The summed E-state index contributed by atoms with van der Waals surface area (Å²) in [5.41, 5.74) is -0.158. The van der Waals surface area contributed by atoms with Gasteiger partial charge in [-0.1, -0.05) is 13.0 Å². The molecule has 0 aliphatic heterocycles. The van der Waals surface area contributed by atoms with E-state index in [1.54, 1.807) is 13.2 Å². The highest BCUT2D eigenvalue weighted by atomic mass is 19.4. The quantitative estimate of drug-likeness (QED) is 0.746. The van der Waals surface area contributed by atoms with Crippen molar-refractivity contribution in [1.82, 2.24) is 5.32 Å². The third-order valence-corrected chi connectivity index (χ3v) is 2.62. The van der Waals surface area contributed by atoms with Gasteiger partial charge in [0.2, 0.25) is 0 Å². The van der Waals surface area contributed by atoms with E-state index in [9.17, 15) is 13.2 Å². The summed E-state index contributed by atoms with van der Waals surface area (Å²) in [6.07, 6.45) is -3.75. The molecule has 0 aliphatic rings. The summed E-state index contributed by atoms with van der Waals surface area (Å²) >= 11 is 0. The molecule has 20 heavy (non-hydrogen) atoms. The first-order chi connectivity index (χ1) is 9.49. The Kier molecular flexibility index (Phi) is 6.81. The fourth-order valence-corrected chi connectivity index (χ4v) is 1.65. The second-order valence-electron chi connectivity index (χ2n) is 4.35. The summed E-state index contributed by atoms with van der Waals surface area (Å²) in [4.78, 5) is 0. The first-order valence-electron chi connectivity index (χ1n) is 6.51. The van der Waals surface area contributed by atoms with Crippen molar-refractivity contribution >= 4 is 0 Å². The minimum atomic E-state index is -4.41. The van der Waals surface area contributed by atoms with Crippen molar-refractivity contribution in [2.75, 3.05) is 26.9 Å². The lowest BCUT2D eigenvalue weighted by molar-refractivity contribution is -0.139. The Morgan fingerprint density at radius 2 is 1.95 bits per heavy atom. The Balaban J connectivity index is 2.79. The first kappa shape index (κ1) is 16.8. The van der Waals surface area contributed by atoms with Gasteiger partial charge in [-0.25, -0.2) is 0 Å². The maximum Gasteiger partial charge on any atom is 0.419 e. The van der Waals surface area contributed by atoms with Crippen molar-refractivity contribution in [1.29, 1.82) is 0 Å². The molecular weight excluding hydrogens is 271 g/mol. The van der Waals surface area contributed by atoms with Gasteiger partial charge in [-0.15, -0.1) is 0 Å². The molecule has 0 fully saturated rings. The van der Waals surface area contributed by atoms with Crippen LogP contribution in [0.2, 0.25) is 0 Å². The second-order valence-corrected chi connectivity index (χ2v) is 4.35. The van der Waals surface area contributed by atoms with Gasteiger partial charge in [-0.05, 0) is 24.1 Å².